The third-order valence-corrected chi connectivity index (χ3v) is 3.83. The van der Waals surface area contributed by atoms with Crippen LogP contribution >= 0.6 is 15.9 Å². The van der Waals surface area contributed by atoms with E-state index in [9.17, 15) is 9.59 Å². The second kappa shape index (κ2) is 6.74. The predicted molar refractivity (Wildman–Crippen MR) is 78.6 cm³/mol. The molecule has 6 heteroatoms. The van der Waals surface area contributed by atoms with E-state index in [4.69, 9.17) is 10.2 Å². The first-order valence-electron chi connectivity index (χ1n) is 6.55. The van der Waals surface area contributed by atoms with Crippen LogP contribution in [0.3, 0.4) is 0 Å². The van der Waals surface area contributed by atoms with Crippen molar-refractivity contribution < 1.29 is 14.0 Å². The number of carbonyl (C=O) groups is 2. The summed E-state index contributed by atoms with van der Waals surface area (Å²) < 4.78 is 5.93. The number of primary amides is 1. The maximum absolute atomic E-state index is 12.0. The Morgan fingerprint density at radius 1 is 1.40 bits per heavy atom. The van der Waals surface area contributed by atoms with Gasteiger partial charge >= 0.3 is 0 Å². The summed E-state index contributed by atoms with van der Waals surface area (Å²) in [6.07, 6.45) is 5.24. The van der Waals surface area contributed by atoms with Gasteiger partial charge in [0, 0.05) is 25.6 Å². The SMILES string of the molecule is NC(=O)CC1CCN(C(=O)/C=C/c2ccc(Br)o2)CC1. The lowest BCUT2D eigenvalue weighted by atomic mass is 9.93. The van der Waals surface area contributed by atoms with Crippen molar-refractivity contribution in [1.82, 2.24) is 4.90 Å². The molecule has 2 amide bonds. The molecule has 2 N–H and O–H groups in total. The summed E-state index contributed by atoms with van der Waals surface area (Å²) in [5, 5.41) is 0. The minimum absolute atomic E-state index is 0.0324. The third kappa shape index (κ3) is 4.23. The number of amides is 2. The minimum Gasteiger partial charge on any atom is -0.450 e. The highest BCUT2D eigenvalue weighted by Gasteiger charge is 2.22. The molecule has 0 aliphatic carbocycles. The molecule has 1 fully saturated rings. The van der Waals surface area contributed by atoms with Gasteiger partial charge in [0.15, 0.2) is 4.67 Å². The number of halogens is 1. The molecule has 2 heterocycles. The monoisotopic (exact) mass is 340 g/mol. The van der Waals surface area contributed by atoms with Gasteiger partial charge in [0.25, 0.3) is 0 Å². The van der Waals surface area contributed by atoms with Crippen molar-refractivity contribution in [2.24, 2.45) is 11.7 Å². The van der Waals surface area contributed by atoms with Crippen molar-refractivity contribution in [3.8, 4) is 0 Å². The second-order valence-electron chi connectivity index (χ2n) is 4.91. The fourth-order valence-electron chi connectivity index (χ4n) is 2.32. The molecule has 1 aliphatic heterocycles. The highest BCUT2D eigenvalue weighted by Crippen LogP contribution is 2.20. The first-order valence-corrected chi connectivity index (χ1v) is 7.34. The zero-order valence-electron chi connectivity index (χ0n) is 11.0. The molecule has 2 rings (SSSR count). The highest BCUT2D eigenvalue weighted by atomic mass is 79.9. The quantitative estimate of drug-likeness (QED) is 0.853. The molecule has 1 aromatic rings. The van der Waals surface area contributed by atoms with E-state index in [0.717, 1.165) is 12.8 Å². The summed E-state index contributed by atoms with van der Waals surface area (Å²) in [7, 11) is 0. The Balaban J connectivity index is 1.82. The van der Waals surface area contributed by atoms with Crippen molar-refractivity contribution >= 4 is 33.8 Å². The summed E-state index contributed by atoms with van der Waals surface area (Å²) in [5.41, 5.74) is 5.19. The first-order chi connectivity index (χ1) is 9.54. The zero-order valence-corrected chi connectivity index (χ0v) is 12.6. The van der Waals surface area contributed by atoms with E-state index in [1.165, 1.54) is 6.08 Å². The number of rotatable bonds is 4. The molecular weight excluding hydrogens is 324 g/mol. The molecule has 0 atom stereocenters. The van der Waals surface area contributed by atoms with Crippen LogP contribution in [0.25, 0.3) is 6.08 Å². The molecular formula is C14H17BrN2O3. The van der Waals surface area contributed by atoms with Crippen LogP contribution in [0.4, 0.5) is 0 Å². The molecule has 5 nitrogen and oxygen atoms in total. The number of furan rings is 1. The van der Waals surface area contributed by atoms with Crippen LogP contribution in [0.15, 0.2) is 27.3 Å². The Bertz CT molecular complexity index is 516. The first kappa shape index (κ1) is 14.8. The molecule has 0 bridgehead atoms. The van der Waals surface area contributed by atoms with E-state index in [1.54, 1.807) is 23.1 Å². The summed E-state index contributed by atoms with van der Waals surface area (Å²) in [6.45, 7) is 1.34. The van der Waals surface area contributed by atoms with Crippen molar-refractivity contribution in [3.63, 3.8) is 0 Å². The Morgan fingerprint density at radius 2 is 2.10 bits per heavy atom. The van der Waals surface area contributed by atoms with Crippen LogP contribution in [0.1, 0.15) is 25.0 Å². The topological polar surface area (TPSA) is 76.5 Å². The Labute approximate surface area is 125 Å². The maximum atomic E-state index is 12.0. The lowest BCUT2D eigenvalue weighted by molar-refractivity contribution is -0.127. The number of piperidine rings is 1. The molecule has 0 unspecified atom stereocenters. The van der Waals surface area contributed by atoms with Crippen LogP contribution in [-0.2, 0) is 9.59 Å². The molecule has 0 aromatic carbocycles. The van der Waals surface area contributed by atoms with Gasteiger partial charge in [0.1, 0.15) is 5.76 Å². The Hall–Kier alpha value is -1.56. The van der Waals surface area contributed by atoms with Gasteiger partial charge in [-0.3, -0.25) is 9.59 Å². The number of hydrogen-bond acceptors (Lipinski definition) is 3. The Kier molecular flexibility index (Phi) is 5.00. The van der Waals surface area contributed by atoms with Crippen LogP contribution in [0.2, 0.25) is 0 Å². The van der Waals surface area contributed by atoms with E-state index in [-0.39, 0.29) is 11.8 Å². The predicted octanol–water partition coefficient (Wildman–Crippen LogP) is 2.17. The lowest BCUT2D eigenvalue weighted by Gasteiger charge is -2.30. The van der Waals surface area contributed by atoms with Gasteiger partial charge in [-0.2, -0.15) is 0 Å². The maximum Gasteiger partial charge on any atom is 0.246 e. The van der Waals surface area contributed by atoms with Crippen molar-refractivity contribution in [2.75, 3.05) is 13.1 Å². The average molecular weight is 341 g/mol. The fourth-order valence-corrected chi connectivity index (χ4v) is 2.64. The summed E-state index contributed by atoms with van der Waals surface area (Å²) >= 11 is 3.21. The van der Waals surface area contributed by atoms with Crippen LogP contribution in [0.5, 0.6) is 0 Å². The number of carbonyl (C=O) groups excluding carboxylic acids is 2. The normalized spacial score (nSPS) is 16.8. The van der Waals surface area contributed by atoms with E-state index >= 15 is 0 Å². The van der Waals surface area contributed by atoms with Crippen LogP contribution < -0.4 is 5.73 Å². The lowest BCUT2D eigenvalue weighted by Crippen LogP contribution is -2.38. The Morgan fingerprint density at radius 3 is 2.65 bits per heavy atom. The van der Waals surface area contributed by atoms with Crippen molar-refractivity contribution in [1.29, 1.82) is 0 Å². The molecule has 108 valence electrons. The zero-order chi connectivity index (χ0) is 14.5. The van der Waals surface area contributed by atoms with E-state index in [1.807, 2.05) is 0 Å². The third-order valence-electron chi connectivity index (χ3n) is 3.40. The molecule has 1 saturated heterocycles. The van der Waals surface area contributed by atoms with Gasteiger partial charge in [-0.05, 0) is 52.9 Å². The van der Waals surface area contributed by atoms with Crippen LogP contribution in [0, 0.1) is 5.92 Å². The van der Waals surface area contributed by atoms with E-state index in [2.05, 4.69) is 15.9 Å². The largest absolute Gasteiger partial charge is 0.450 e. The molecule has 0 saturated carbocycles. The van der Waals surface area contributed by atoms with E-state index in [0.29, 0.717) is 35.9 Å². The molecule has 0 radical (unpaired) electrons. The summed E-state index contributed by atoms with van der Waals surface area (Å²) in [4.78, 5) is 24.6. The molecule has 0 spiro atoms. The molecule has 1 aromatic heterocycles. The smallest absolute Gasteiger partial charge is 0.246 e. The van der Waals surface area contributed by atoms with Crippen molar-refractivity contribution in [2.45, 2.75) is 19.3 Å². The van der Waals surface area contributed by atoms with Gasteiger partial charge in [0.2, 0.25) is 11.8 Å². The van der Waals surface area contributed by atoms with Gasteiger partial charge in [-0.15, -0.1) is 0 Å². The minimum atomic E-state index is -0.266. The molecule has 20 heavy (non-hydrogen) atoms. The van der Waals surface area contributed by atoms with Crippen LogP contribution in [-0.4, -0.2) is 29.8 Å². The second-order valence-corrected chi connectivity index (χ2v) is 5.70. The number of nitrogens with two attached hydrogens (primary N) is 1. The van der Waals surface area contributed by atoms with E-state index < -0.39 is 0 Å². The summed E-state index contributed by atoms with van der Waals surface area (Å²) in [6, 6.07) is 3.56. The number of hydrogen-bond donors (Lipinski definition) is 1. The average Bonchev–Trinajstić information content (AvgIpc) is 2.82. The summed E-state index contributed by atoms with van der Waals surface area (Å²) in [5.74, 6) is 0.642. The molecule has 1 aliphatic rings. The fraction of sp³-hybridized carbons (Fsp3) is 0.429. The van der Waals surface area contributed by atoms with Crippen molar-refractivity contribution in [3.05, 3.63) is 28.6 Å². The van der Waals surface area contributed by atoms with Gasteiger partial charge in [-0.1, -0.05) is 0 Å². The van der Waals surface area contributed by atoms with Gasteiger partial charge in [-0.25, -0.2) is 0 Å². The number of nitrogens with zero attached hydrogens (tertiary/aromatic N) is 1. The number of likely N-dealkylation sites (tertiary alicyclic amines) is 1. The van der Waals surface area contributed by atoms with Gasteiger partial charge in [0.05, 0.1) is 0 Å². The van der Waals surface area contributed by atoms with Gasteiger partial charge < -0.3 is 15.1 Å². The highest BCUT2D eigenvalue weighted by molar-refractivity contribution is 9.10. The standard InChI is InChI=1S/C14H17BrN2O3/c15-12-3-1-11(20-12)2-4-14(19)17-7-5-10(6-8-17)9-13(16)18/h1-4,10H,5-9H2,(H2,16,18)/b4-2+.